The van der Waals surface area contributed by atoms with Crippen molar-refractivity contribution in [3.05, 3.63) is 35.5 Å². The Bertz CT molecular complexity index is 517. The molecule has 1 amide bonds. The molecule has 0 aliphatic rings. The van der Waals surface area contributed by atoms with E-state index in [1.807, 2.05) is 24.3 Å². The summed E-state index contributed by atoms with van der Waals surface area (Å²) in [6.45, 7) is 0.0336. The number of aliphatic hydroxyl groups is 1. The normalized spacial score (nSPS) is 10.6. The zero-order chi connectivity index (χ0) is 11.5. The molecule has 1 heterocycles. The Kier molecular flexibility index (Phi) is 2.92. The Morgan fingerprint density at radius 1 is 1.44 bits per heavy atom. The van der Waals surface area contributed by atoms with E-state index >= 15 is 0 Å². The van der Waals surface area contributed by atoms with E-state index in [9.17, 15) is 4.79 Å². The maximum atomic E-state index is 11.7. The predicted molar refractivity (Wildman–Crippen MR) is 62.5 cm³/mol. The monoisotopic (exact) mass is 218 g/mol. The highest BCUT2D eigenvalue weighted by atomic mass is 16.3. The van der Waals surface area contributed by atoms with Gasteiger partial charge in [-0.15, -0.1) is 0 Å². The highest BCUT2D eigenvalue weighted by Gasteiger charge is 2.15. The van der Waals surface area contributed by atoms with Gasteiger partial charge in [0.1, 0.15) is 5.69 Å². The number of aliphatic hydroxyl groups excluding tert-OH is 1. The molecular weight excluding hydrogens is 204 g/mol. The quantitative estimate of drug-likeness (QED) is 0.721. The molecule has 0 saturated heterocycles. The van der Waals surface area contributed by atoms with Gasteiger partial charge in [-0.3, -0.25) is 4.79 Å². The Morgan fingerprint density at radius 3 is 2.88 bits per heavy atom. The van der Waals surface area contributed by atoms with E-state index in [1.165, 1.54) is 0 Å². The summed E-state index contributed by atoms with van der Waals surface area (Å²) in [4.78, 5) is 14.7. The van der Waals surface area contributed by atoms with Gasteiger partial charge in [-0.05, 0) is 18.1 Å². The fraction of sp³-hybridized carbons (Fsp3) is 0.250. The molecule has 1 aromatic carbocycles. The topological polar surface area (TPSA) is 65.1 Å². The van der Waals surface area contributed by atoms with Crippen LogP contribution in [0.4, 0.5) is 0 Å². The van der Waals surface area contributed by atoms with Gasteiger partial charge in [-0.2, -0.15) is 0 Å². The van der Waals surface area contributed by atoms with Crippen molar-refractivity contribution >= 4 is 16.8 Å². The average Bonchev–Trinajstić information content (AvgIpc) is 2.68. The fourth-order valence-electron chi connectivity index (χ4n) is 1.89. The lowest BCUT2D eigenvalue weighted by molar-refractivity contribution is 0.0958. The summed E-state index contributed by atoms with van der Waals surface area (Å²) in [7, 11) is 1.59. The third kappa shape index (κ3) is 1.67. The Balaban J connectivity index is 2.62. The fourth-order valence-corrected chi connectivity index (χ4v) is 1.89. The van der Waals surface area contributed by atoms with E-state index in [-0.39, 0.29) is 12.5 Å². The van der Waals surface area contributed by atoms with E-state index in [1.54, 1.807) is 7.05 Å². The second kappa shape index (κ2) is 4.37. The molecule has 0 bridgehead atoms. The minimum atomic E-state index is -0.153. The van der Waals surface area contributed by atoms with Crippen LogP contribution in [0.1, 0.15) is 16.1 Å². The summed E-state index contributed by atoms with van der Waals surface area (Å²) in [5.41, 5.74) is 2.33. The number of carbonyl (C=O) groups is 1. The molecule has 16 heavy (non-hydrogen) atoms. The van der Waals surface area contributed by atoms with Crippen LogP contribution in [0.5, 0.6) is 0 Å². The molecule has 4 heteroatoms. The van der Waals surface area contributed by atoms with Gasteiger partial charge in [-0.25, -0.2) is 0 Å². The van der Waals surface area contributed by atoms with Crippen LogP contribution in [0.2, 0.25) is 0 Å². The molecule has 84 valence electrons. The molecule has 2 rings (SSSR count). The van der Waals surface area contributed by atoms with Crippen molar-refractivity contribution in [2.24, 2.45) is 0 Å². The highest BCUT2D eigenvalue weighted by Crippen LogP contribution is 2.22. The van der Waals surface area contributed by atoms with Gasteiger partial charge in [0.05, 0.1) is 0 Å². The van der Waals surface area contributed by atoms with Crippen molar-refractivity contribution < 1.29 is 9.90 Å². The molecule has 0 fully saturated rings. The number of hydrogen-bond donors (Lipinski definition) is 3. The lowest BCUT2D eigenvalue weighted by Gasteiger charge is -2.01. The number of aromatic amines is 1. The van der Waals surface area contributed by atoms with Crippen LogP contribution >= 0.6 is 0 Å². The maximum Gasteiger partial charge on any atom is 0.267 e. The van der Waals surface area contributed by atoms with Gasteiger partial charge < -0.3 is 15.4 Å². The summed E-state index contributed by atoms with van der Waals surface area (Å²) >= 11 is 0. The van der Waals surface area contributed by atoms with Crippen molar-refractivity contribution in [1.82, 2.24) is 10.3 Å². The molecule has 0 aliphatic heterocycles. The van der Waals surface area contributed by atoms with E-state index in [0.717, 1.165) is 16.5 Å². The molecule has 0 aliphatic carbocycles. The first-order valence-corrected chi connectivity index (χ1v) is 5.20. The molecule has 0 saturated carbocycles. The molecule has 3 N–H and O–H groups in total. The lowest BCUT2D eigenvalue weighted by Crippen LogP contribution is -2.19. The predicted octanol–water partition coefficient (Wildman–Crippen LogP) is 1.06. The average molecular weight is 218 g/mol. The number of hydrogen-bond acceptors (Lipinski definition) is 2. The van der Waals surface area contributed by atoms with Crippen LogP contribution in [0, 0.1) is 0 Å². The van der Waals surface area contributed by atoms with Crippen LogP contribution in [0.3, 0.4) is 0 Å². The zero-order valence-electron chi connectivity index (χ0n) is 9.08. The summed E-state index contributed by atoms with van der Waals surface area (Å²) in [6.07, 6.45) is 0.479. The number of fused-ring (bicyclic) bond motifs is 1. The van der Waals surface area contributed by atoms with Gasteiger partial charge >= 0.3 is 0 Å². The van der Waals surface area contributed by atoms with E-state index in [0.29, 0.717) is 12.1 Å². The van der Waals surface area contributed by atoms with E-state index in [4.69, 9.17) is 5.11 Å². The number of nitrogens with one attached hydrogen (secondary N) is 2. The van der Waals surface area contributed by atoms with Crippen LogP contribution in [0.15, 0.2) is 24.3 Å². The number of aromatic nitrogens is 1. The number of H-pyrrole nitrogens is 1. The van der Waals surface area contributed by atoms with Crippen molar-refractivity contribution in [1.29, 1.82) is 0 Å². The number of para-hydroxylation sites is 1. The van der Waals surface area contributed by atoms with Crippen LogP contribution in [-0.2, 0) is 6.42 Å². The standard InChI is InChI=1S/C12H14N2O2/c1-13-12(16)11-9(6-7-15)8-4-2-3-5-10(8)14-11/h2-5,14-15H,6-7H2,1H3,(H,13,16). The highest BCUT2D eigenvalue weighted by molar-refractivity contribution is 6.00. The summed E-state index contributed by atoms with van der Waals surface area (Å²) in [5.74, 6) is -0.153. The van der Waals surface area contributed by atoms with Crippen molar-refractivity contribution in [3.8, 4) is 0 Å². The molecule has 0 radical (unpaired) electrons. The first kappa shape index (κ1) is 10.7. The van der Waals surface area contributed by atoms with Crippen molar-refractivity contribution in [2.45, 2.75) is 6.42 Å². The third-order valence-electron chi connectivity index (χ3n) is 2.63. The molecule has 4 nitrogen and oxygen atoms in total. The number of amides is 1. The minimum absolute atomic E-state index is 0.0336. The van der Waals surface area contributed by atoms with Crippen molar-refractivity contribution in [2.75, 3.05) is 13.7 Å². The molecule has 2 aromatic rings. The Labute approximate surface area is 93.3 Å². The SMILES string of the molecule is CNC(=O)c1[nH]c2ccccc2c1CCO. The van der Waals surface area contributed by atoms with Gasteiger partial charge in [0.25, 0.3) is 5.91 Å². The Hall–Kier alpha value is -1.81. The van der Waals surface area contributed by atoms with Crippen molar-refractivity contribution in [3.63, 3.8) is 0 Å². The second-order valence-electron chi connectivity index (χ2n) is 3.58. The summed E-state index contributed by atoms with van der Waals surface area (Å²) in [6, 6.07) is 7.70. The number of rotatable bonds is 3. The van der Waals surface area contributed by atoms with Gasteiger partial charge in [0, 0.05) is 24.6 Å². The van der Waals surface area contributed by atoms with Gasteiger partial charge in [0.2, 0.25) is 0 Å². The maximum absolute atomic E-state index is 11.7. The Morgan fingerprint density at radius 2 is 2.19 bits per heavy atom. The van der Waals surface area contributed by atoms with E-state index < -0.39 is 0 Å². The lowest BCUT2D eigenvalue weighted by atomic mass is 10.1. The largest absolute Gasteiger partial charge is 0.396 e. The summed E-state index contributed by atoms with van der Waals surface area (Å²) in [5, 5.41) is 12.6. The zero-order valence-corrected chi connectivity index (χ0v) is 9.08. The smallest absolute Gasteiger partial charge is 0.267 e. The minimum Gasteiger partial charge on any atom is -0.396 e. The van der Waals surface area contributed by atoms with Crippen LogP contribution in [-0.4, -0.2) is 29.7 Å². The number of carbonyl (C=O) groups excluding carboxylic acids is 1. The molecule has 0 unspecified atom stereocenters. The van der Waals surface area contributed by atoms with Crippen LogP contribution < -0.4 is 5.32 Å². The first-order valence-electron chi connectivity index (χ1n) is 5.20. The molecule has 0 atom stereocenters. The molecule has 0 spiro atoms. The van der Waals surface area contributed by atoms with Gasteiger partial charge in [-0.1, -0.05) is 18.2 Å². The van der Waals surface area contributed by atoms with Crippen LogP contribution in [0.25, 0.3) is 10.9 Å². The first-order chi connectivity index (χ1) is 7.77. The third-order valence-corrected chi connectivity index (χ3v) is 2.63. The van der Waals surface area contributed by atoms with Gasteiger partial charge in [0.15, 0.2) is 0 Å². The summed E-state index contributed by atoms with van der Waals surface area (Å²) < 4.78 is 0. The second-order valence-corrected chi connectivity index (χ2v) is 3.58. The molecule has 1 aromatic heterocycles. The number of benzene rings is 1. The molecular formula is C12H14N2O2. The van der Waals surface area contributed by atoms with E-state index in [2.05, 4.69) is 10.3 Å².